The molecule has 1 aliphatic rings. The second-order valence-corrected chi connectivity index (χ2v) is 7.26. The SMILES string of the molecule is CNC1(COc2cnc(-c3ccc(C#N)cc3)c(-c3ccc(C#N)cc3)c2)CC1.Cl.Cl. The van der Waals surface area contributed by atoms with Gasteiger partial charge in [-0.15, -0.1) is 24.8 Å². The quantitative estimate of drug-likeness (QED) is 0.560. The number of ether oxygens (including phenoxy) is 1. The van der Waals surface area contributed by atoms with Gasteiger partial charge in [-0.3, -0.25) is 4.98 Å². The van der Waals surface area contributed by atoms with Gasteiger partial charge in [0.15, 0.2) is 0 Å². The van der Waals surface area contributed by atoms with Gasteiger partial charge in [-0.1, -0.05) is 24.3 Å². The number of benzene rings is 2. The summed E-state index contributed by atoms with van der Waals surface area (Å²) in [4.78, 5) is 4.68. The molecule has 1 N–H and O–H groups in total. The lowest BCUT2D eigenvalue weighted by molar-refractivity contribution is 0.259. The molecular formula is C24H22Cl2N4O. The van der Waals surface area contributed by atoms with E-state index in [2.05, 4.69) is 22.4 Å². The Labute approximate surface area is 194 Å². The van der Waals surface area contributed by atoms with E-state index in [4.69, 9.17) is 15.3 Å². The Kier molecular flexibility index (Phi) is 8.02. The fraction of sp³-hybridized carbons (Fsp3) is 0.208. The van der Waals surface area contributed by atoms with Crippen molar-refractivity contribution in [3.8, 4) is 40.3 Å². The molecule has 0 aliphatic heterocycles. The molecule has 1 saturated carbocycles. The van der Waals surface area contributed by atoms with E-state index in [1.807, 2.05) is 37.4 Å². The van der Waals surface area contributed by atoms with Crippen molar-refractivity contribution >= 4 is 24.8 Å². The van der Waals surface area contributed by atoms with Gasteiger partial charge in [0.2, 0.25) is 0 Å². The maximum absolute atomic E-state index is 9.09. The second-order valence-electron chi connectivity index (χ2n) is 7.26. The first kappa shape index (κ1) is 24.2. The molecule has 4 rings (SSSR count). The van der Waals surface area contributed by atoms with Gasteiger partial charge in [0, 0.05) is 11.1 Å². The Morgan fingerprint density at radius 2 is 1.48 bits per heavy atom. The van der Waals surface area contributed by atoms with E-state index >= 15 is 0 Å². The molecule has 0 saturated heterocycles. The highest BCUT2D eigenvalue weighted by Gasteiger charge is 2.41. The zero-order valence-corrected chi connectivity index (χ0v) is 18.6. The highest BCUT2D eigenvalue weighted by Crippen LogP contribution is 2.37. The monoisotopic (exact) mass is 452 g/mol. The Morgan fingerprint density at radius 1 is 0.935 bits per heavy atom. The fourth-order valence-electron chi connectivity index (χ4n) is 3.24. The summed E-state index contributed by atoms with van der Waals surface area (Å²) in [5, 5.41) is 21.5. The number of halogens is 2. The van der Waals surface area contributed by atoms with Gasteiger partial charge in [0.05, 0.1) is 40.7 Å². The molecule has 1 fully saturated rings. The van der Waals surface area contributed by atoms with E-state index < -0.39 is 0 Å². The van der Waals surface area contributed by atoms with Gasteiger partial charge in [-0.05, 0) is 55.8 Å². The van der Waals surface area contributed by atoms with Gasteiger partial charge in [-0.2, -0.15) is 10.5 Å². The Bertz CT molecular complexity index is 1110. The Balaban J connectivity index is 0.00000171. The number of nitrogens with one attached hydrogen (secondary N) is 1. The average Bonchev–Trinajstić information content (AvgIpc) is 3.58. The van der Waals surface area contributed by atoms with E-state index in [0.717, 1.165) is 35.2 Å². The standard InChI is InChI=1S/C24H20N4O.2ClH/c1-27-24(10-11-24)16-29-21-12-22(19-6-2-17(13-25)3-7-19)23(28-15-21)20-8-4-18(14-26)5-9-20;;/h2-9,12,15,27H,10-11,16H2,1H3;2*1H. The normalized spacial score (nSPS) is 13.0. The maximum atomic E-state index is 9.09. The van der Waals surface area contributed by atoms with E-state index in [9.17, 15) is 0 Å². The summed E-state index contributed by atoms with van der Waals surface area (Å²) < 4.78 is 6.04. The molecular weight excluding hydrogens is 431 g/mol. The molecule has 1 aliphatic carbocycles. The third-order valence-electron chi connectivity index (χ3n) is 5.37. The molecule has 0 atom stereocenters. The van der Waals surface area contributed by atoms with Crippen LogP contribution in [0.3, 0.4) is 0 Å². The van der Waals surface area contributed by atoms with Crippen molar-refractivity contribution in [2.24, 2.45) is 0 Å². The van der Waals surface area contributed by atoms with Gasteiger partial charge >= 0.3 is 0 Å². The first-order valence-electron chi connectivity index (χ1n) is 9.49. The van der Waals surface area contributed by atoms with Crippen LogP contribution >= 0.6 is 24.8 Å². The molecule has 0 bridgehead atoms. The van der Waals surface area contributed by atoms with Crippen molar-refractivity contribution in [1.82, 2.24) is 10.3 Å². The van der Waals surface area contributed by atoms with Crippen molar-refractivity contribution in [3.05, 3.63) is 71.9 Å². The molecule has 158 valence electrons. The summed E-state index contributed by atoms with van der Waals surface area (Å²) in [7, 11) is 1.96. The fourth-order valence-corrected chi connectivity index (χ4v) is 3.24. The third-order valence-corrected chi connectivity index (χ3v) is 5.37. The zero-order chi connectivity index (χ0) is 20.3. The molecule has 2 aromatic carbocycles. The third kappa shape index (κ3) is 5.34. The molecule has 31 heavy (non-hydrogen) atoms. The predicted octanol–water partition coefficient (Wildman–Crippen LogP) is 5.13. The molecule has 7 heteroatoms. The van der Waals surface area contributed by atoms with E-state index in [1.165, 1.54) is 0 Å². The van der Waals surface area contributed by atoms with Crippen LogP contribution in [-0.2, 0) is 0 Å². The van der Waals surface area contributed by atoms with Gasteiger partial charge in [-0.25, -0.2) is 0 Å². The van der Waals surface area contributed by atoms with Crippen LogP contribution in [0.2, 0.25) is 0 Å². The minimum Gasteiger partial charge on any atom is -0.490 e. The highest BCUT2D eigenvalue weighted by molar-refractivity contribution is 5.85. The van der Waals surface area contributed by atoms with Gasteiger partial charge < -0.3 is 10.1 Å². The maximum Gasteiger partial charge on any atom is 0.138 e. The number of nitrogens with zero attached hydrogens (tertiary/aromatic N) is 3. The lowest BCUT2D eigenvalue weighted by atomic mass is 9.98. The molecule has 0 spiro atoms. The van der Waals surface area contributed by atoms with Crippen molar-refractivity contribution in [1.29, 1.82) is 10.5 Å². The van der Waals surface area contributed by atoms with Crippen molar-refractivity contribution in [2.45, 2.75) is 18.4 Å². The van der Waals surface area contributed by atoms with Gasteiger partial charge in [0.1, 0.15) is 12.4 Å². The summed E-state index contributed by atoms with van der Waals surface area (Å²) >= 11 is 0. The number of rotatable bonds is 6. The van der Waals surface area contributed by atoms with Crippen LogP contribution in [0, 0.1) is 22.7 Å². The number of aromatic nitrogens is 1. The second kappa shape index (κ2) is 10.3. The molecule has 1 aromatic heterocycles. The zero-order valence-electron chi connectivity index (χ0n) is 17.0. The van der Waals surface area contributed by atoms with Crippen LogP contribution in [0.5, 0.6) is 5.75 Å². The molecule has 0 radical (unpaired) electrons. The lowest BCUT2D eigenvalue weighted by Crippen LogP contribution is -2.33. The largest absolute Gasteiger partial charge is 0.490 e. The Morgan fingerprint density at radius 3 is 1.97 bits per heavy atom. The van der Waals surface area contributed by atoms with Crippen LogP contribution in [0.15, 0.2) is 60.8 Å². The molecule has 3 aromatic rings. The first-order chi connectivity index (χ1) is 14.2. The summed E-state index contributed by atoms with van der Waals surface area (Å²) in [6.45, 7) is 0.605. The number of nitriles is 2. The highest BCUT2D eigenvalue weighted by atomic mass is 35.5. The molecule has 5 nitrogen and oxygen atoms in total. The average molecular weight is 453 g/mol. The summed E-state index contributed by atoms with van der Waals surface area (Å²) in [5.41, 5.74) is 4.90. The topological polar surface area (TPSA) is 81.7 Å². The van der Waals surface area contributed by atoms with Crippen LogP contribution in [0.1, 0.15) is 24.0 Å². The number of pyridine rings is 1. The molecule has 0 amide bonds. The summed E-state index contributed by atoms with van der Waals surface area (Å²) in [6, 6.07) is 21.1. The van der Waals surface area contributed by atoms with Gasteiger partial charge in [0.25, 0.3) is 0 Å². The minimum absolute atomic E-state index is 0. The van der Waals surface area contributed by atoms with Crippen LogP contribution < -0.4 is 10.1 Å². The summed E-state index contributed by atoms with van der Waals surface area (Å²) in [5.74, 6) is 0.711. The number of hydrogen-bond donors (Lipinski definition) is 1. The molecule has 1 heterocycles. The van der Waals surface area contributed by atoms with E-state index in [1.54, 1.807) is 30.5 Å². The van der Waals surface area contributed by atoms with Crippen LogP contribution in [-0.4, -0.2) is 24.2 Å². The van der Waals surface area contributed by atoms with Crippen LogP contribution in [0.4, 0.5) is 0 Å². The summed E-state index contributed by atoms with van der Waals surface area (Å²) in [6.07, 6.45) is 3.97. The predicted molar refractivity (Wildman–Crippen MR) is 126 cm³/mol. The van der Waals surface area contributed by atoms with Crippen LogP contribution in [0.25, 0.3) is 22.4 Å². The van der Waals surface area contributed by atoms with E-state index in [0.29, 0.717) is 23.5 Å². The van der Waals surface area contributed by atoms with E-state index in [-0.39, 0.29) is 30.4 Å². The van der Waals surface area contributed by atoms with Crippen molar-refractivity contribution in [2.75, 3.05) is 13.7 Å². The lowest BCUT2D eigenvalue weighted by Gasteiger charge is -2.17. The first-order valence-corrected chi connectivity index (χ1v) is 9.49. The van der Waals surface area contributed by atoms with Crippen molar-refractivity contribution < 1.29 is 4.74 Å². The van der Waals surface area contributed by atoms with Crippen molar-refractivity contribution in [3.63, 3.8) is 0 Å². The Hall–Kier alpha value is -3.09. The minimum atomic E-state index is 0. The molecule has 0 unspecified atom stereocenters. The number of likely N-dealkylation sites (N-methyl/N-ethyl adjacent to an activating group) is 1. The number of hydrogen-bond acceptors (Lipinski definition) is 5. The smallest absolute Gasteiger partial charge is 0.138 e.